The van der Waals surface area contributed by atoms with E-state index in [1.165, 1.54) is 0 Å². The Labute approximate surface area is 207 Å². The van der Waals surface area contributed by atoms with Crippen LogP contribution in [0.3, 0.4) is 0 Å². The molecule has 5 rings (SSSR count). The van der Waals surface area contributed by atoms with E-state index < -0.39 is 0 Å². The van der Waals surface area contributed by atoms with Gasteiger partial charge in [-0.25, -0.2) is 9.97 Å². The van der Waals surface area contributed by atoms with Gasteiger partial charge in [-0.05, 0) is 42.5 Å². The van der Waals surface area contributed by atoms with E-state index in [1.807, 2.05) is 58.6 Å². The van der Waals surface area contributed by atoms with Crippen molar-refractivity contribution in [1.82, 2.24) is 19.8 Å². The zero-order valence-electron chi connectivity index (χ0n) is 20.5. The zero-order chi connectivity index (χ0) is 24.1. The molecule has 0 bridgehead atoms. The summed E-state index contributed by atoms with van der Waals surface area (Å²) in [6, 6.07) is 11.9. The molecule has 0 atom stereocenters. The molecule has 2 aromatic heterocycles. The van der Waals surface area contributed by atoms with Crippen LogP contribution in [0.5, 0.6) is 0 Å². The summed E-state index contributed by atoms with van der Waals surface area (Å²) >= 11 is 0. The summed E-state index contributed by atoms with van der Waals surface area (Å²) in [4.78, 5) is 44.0. The lowest BCUT2D eigenvalue weighted by Gasteiger charge is -2.39. The van der Waals surface area contributed by atoms with Gasteiger partial charge in [-0.2, -0.15) is 0 Å². The number of piperazine rings is 2. The number of aromatic nitrogens is 2. The third kappa shape index (κ3) is 5.57. The van der Waals surface area contributed by atoms with Gasteiger partial charge in [0.05, 0.1) is 0 Å². The molecular weight excluding hydrogens is 440 g/mol. The normalized spacial score (nSPS) is 20.2. The van der Waals surface area contributed by atoms with Gasteiger partial charge in [0.2, 0.25) is 11.8 Å². The van der Waals surface area contributed by atoms with E-state index in [0.29, 0.717) is 12.8 Å². The van der Waals surface area contributed by atoms with Crippen molar-refractivity contribution < 1.29 is 9.59 Å². The summed E-state index contributed by atoms with van der Waals surface area (Å²) in [6.45, 7) is 6.07. The number of carbonyl (C=O) groups is 2. The molecule has 186 valence electrons. The molecule has 4 heterocycles. The molecule has 8 nitrogen and oxygen atoms in total. The average Bonchev–Trinajstić information content (AvgIpc) is 3.37. The summed E-state index contributed by atoms with van der Waals surface area (Å²) in [5, 5.41) is 0. The fourth-order valence-corrected chi connectivity index (χ4v) is 5.86. The molecule has 8 heteroatoms. The number of hydrogen-bond donors (Lipinski definition) is 0. The first-order chi connectivity index (χ1) is 17.1. The quantitative estimate of drug-likeness (QED) is 0.639. The summed E-state index contributed by atoms with van der Waals surface area (Å²) in [6.07, 6.45) is 8.80. The number of anilines is 2. The second-order valence-corrected chi connectivity index (χ2v) is 10.2. The molecule has 1 aliphatic carbocycles. The molecule has 2 saturated heterocycles. The molecule has 2 aliphatic heterocycles. The minimum atomic E-state index is -0.176. The molecule has 0 unspecified atom stereocenters. The Morgan fingerprint density at radius 3 is 1.46 bits per heavy atom. The van der Waals surface area contributed by atoms with Crippen LogP contribution in [-0.4, -0.2) is 83.9 Å². The van der Waals surface area contributed by atoms with Crippen molar-refractivity contribution in [2.24, 2.45) is 5.41 Å². The highest BCUT2D eigenvalue weighted by Gasteiger charge is 2.40. The van der Waals surface area contributed by atoms with Gasteiger partial charge in [0.25, 0.3) is 0 Å². The van der Waals surface area contributed by atoms with Crippen molar-refractivity contribution in [3.05, 3.63) is 48.8 Å². The maximum absolute atomic E-state index is 13.3. The van der Waals surface area contributed by atoms with Gasteiger partial charge in [-0.3, -0.25) is 9.59 Å². The van der Waals surface area contributed by atoms with Crippen LogP contribution in [0.2, 0.25) is 0 Å². The first-order valence-corrected chi connectivity index (χ1v) is 13.0. The van der Waals surface area contributed by atoms with Gasteiger partial charge in [0, 0.05) is 77.6 Å². The molecule has 2 aromatic rings. The second kappa shape index (κ2) is 10.6. The number of carbonyl (C=O) groups excluding carboxylic acids is 2. The van der Waals surface area contributed by atoms with E-state index in [9.17, 15) is 9.59 Å². The largest absolute Gasteiger partial charge is 0.353 e. The SMILES string of the molecule is O=C(CC1(CC(=O)N2CCN(c3ccccn3)CC2)CCCC1)N1CCN(c2ccccn2)CC1. The fourth-order valence-electron chi connectivity index (χ4n) is 5.86. The van der Waals surface area contributed by atoms with Crippen LogP contribution in [0.1, 0.15) is 38.5 Å². The zero-order valence-corrected chi connectivity index (χ0v) is 20.5. The number of amides is 2. The molecule has 0 aromatic carbocycles. The molecule has 2 amide bonds. The highest BCUT2D eigenvalue weighted by atomic mass is 16.2. The first kappa shape index (κ1) is 23.6. The maximum atomic E-state index is 13.3. The van der Waals surface area contributed by atoms with Gasteiger partial charge in [0.15, 0.2) is 0 Å². The predicted octanol–water partition coefficient (Wildman–Crippen LogP) is 2.81. The Kier molecular flexibility index (Phi) is 7.16. The molecule has 3 aliphatic rings. The fraction of sp³-hybridized carbons (Fsp3) is 0.556. The average molecular weight is 477 g/mol. The van der Waals surface area contributed by atoms with Gasteiger partial charge >= 0.3 is 0 Å². The molecule has 3 fully saturated rings. The highest BCUT2D eigenvalue weighted by Crippen LogP contribution is 2.45. The summed E-state index contributed by atoms with van der Waals surface area (Å²) in [5.74, 6) is 2.36. The van der Waals surface area contributed by atoms with Crippen LogP contribution < -0.4 is 9.80 Å². The van der Waals surface area contributed by atoms with Crippen LogP contribution >= 0.6 is 0 Å². The number of nitrogens with zero attached hydrogens (tertiary/aromatic N) is 6. The minimum Gasteiger partial charge on any atom is -0.353 e. The van der Waals surface area contributed by atoms with E-state index in [1.54, 1.807) is 0 Å². The number of pyridine rings is 2. The van der Waals surface area contributed by atoms with Gasteiger partial charge < -0.3 is 19.6 Å². The Bertz CT molecular complexity index is 904. The van der Waals surface area contributed by atoms with Crippen molar-refractivity contribution in [3.8, 4) is 0 Å². The third-order valence-corrected chi connectivity index (χ3v) is 7.93. The molecule has 0 spiro atoms. The Hall–Kier alpha value is -3.16. The lowest BCUT2D eigenvalue weighted by atomic mass is 9.78. The predicted molar refractivity (Wildman–Crippen MR) is 136 cm³/mol. The summed E-state index contributed by atoms with van der Waals surface area (Å²) in [7, 11) is 0. The van der Waals surface area contributed by atoms with Crippen molar-refractivity contribution >= 4 is 23.5 Å². The van der Waals surface area contributed by atoms with Crippen molar-refractivity contribution in [3.63, 3.8) is 0 Å². The molecular formula is C27H36N6O2. The van der Waals surface area contributed by atoms with Crippen LogP contribution in [-0.2, 0) is 9.59 Å². The van der Waals surface area contributed by atoms with Crippen molar-refractivity contribution in [2.45, 2.75) is 38.5 Å². The Morgan fingerprint density at radius 1 is 0.657 bits per heavy atom. The lowest BCUT2D eigenvalue weighted by Crippen LogP contribution is -2.51. The van der Waals surface area contributed by atoms with Crippen LogP contribution in [0.15, 0.2) is 48.8 Å². The van der Waals surface area contributed by atoms with E-state index in [4.69, 9.17) is 0 Å². The topological polar surface area (TPSA) is 72.9 Å². The van der Waals surface area contributed by atoms with Gasteiger partial charge in [-0.15, -0.1) is 0 Å². The number of hydrogen-bond acceptors (Lipinski definition) is 6. The number of rotatable bonds is 6. The van der Waals surface area contributed by atoms with Crippen LogP contribution in [0.25, 0.3) is 0 Å². The smallest absolute Gasteiger partial charge is 0.223 e. The minimum absolute atomic E-state index is 0.176. The Balaban J connectivity index is 1.13. The van der Waals surface area contributed by atoms with Crippen molar-refractivity contribution in [1.29, 1.82) is 0 Å². The van der Waals surface area contributed by atoms with Crippen LogP contribution in [0, 0.1) is 5.41 Å². The van der Waals surface area contributed by atoms with E-state index >= 15 is 0 Å². The van der Waals surface area contributed by atoms with Gasteiger partial charge in [-0.1, -0.05) is 25.0 Å². The second-order valence-electron chi connectivity index (χ2n) is 10.2. The lowest BCUT2D eigenvalue weighted by molar-refractivity contribution is -0.137. The third-order valence-electron chi connectivity index (χ3n) is 7.93. The van der Waals surface area contributed by atoms with E-state index in [0.717, 1.165) is 89.7 Å². The monoisotopic (exact) mass is 476 g/mol. The summed E-state index contributed by atoms with van der Waals surface area (Å²) in [5.41, 5.74) is -0.176. The van der Waals surface area contributed by atoms with Gasteiger partial charge in [0.1, 0.15) is 11.6 Å². The highest BCUT2D eigenvalue weighted by molar-refractivity contribution is 5.81. The van der Waals surface area contributed by atoms with E-state index in [-0.39, 0.29) is 17.2 Å². The molecule has 1 saturated carbocycles. The summed E-state index contributed by atoms with van der Waals surface area (Å²) < 4.78 is 0. The molecule has 0 radical (unpaired) electrons. The van der Waals surface area contributed by atoms with Crippen molar-refractivity contribution in [2.75, 3.05) is 62.2 Å². The Morgan fingerprint density at radius 2 is 1.09 bits per heavy atom. The molecule has 0 N–H and O–H groups in total. The first-order valence-electron chi connectivity index (χ1n) is 13.0. The van der Waals surface area contributed by atoms with E-state index in [2.05, 4.69) is 19.8 Å². The van der Waals surface area contributed by atoms with Crippen LogP contribution in [0.4, 0.5) is 11.6 Å². The molecule has 35 heavy (non-hydrogen) atoms. The maximum Gasteiger partial charge on any atom is 0.223 e. The standard InChI is InChI=1S/C27H36N6O2/c34-25(32-17-13-30(14-18-32)23-7-1-5-11-28-23)21-27(9-3-4-10-27)22-26(35)33-19-15-31(16-20-33)24-8-2-6-12-29-24/h1-2,5-8,11-12H,3-4,9-10,13-22H2.